The van der Waals surface area contributed by atoms with Crippen LogP contribution >= 0.6 is 0 Å². The van der Waals surface area contributed by atoms with E-state index in [-0.39, 0.29) is 17.4 Å². The van der Waals surface area contributed by atoms with Crippen molar-refractivity contribution in [3.63, 3.8) is 0 Å². The number of esters is 1. The molecular formula is C28H22FNO5. The number of nitrogens with zero attached hydrogens (tertiary/aromatic N) is 1. The van der Waals surface area contributed by atoms with E-state index in [0.717, 1.165) is 21.6 Å². The third-order valence-corrected chi connectivity index (χ3v) is 6.99. The first kappa shape index (κ1) is 22.7. The molecule has 0 saturated carbocycles. The maximum atomic E-state index is 14.7. The molecule has 0 fully saturated rings. The minimum absolute atomic E-state index is 0.0443. The van der Waals surface area contributed by atoms with Crippen molar-refractivity contribution in [3.8, 4) is 0 Å². The molecule has 5 rings (SSSR count). The fourth-order valence-corrected chi connectivity index (χ4v) is 5.29. The Bertz CT molecular complexity index is 1630. The minimum atomic E-state index is -0.793. The standard InChI is InChI=1S/C28H22FNO5/c1-15-6-11-21-20(25(15)27(31)16-7-9-17(10-8-16)30(33)34)13-12-19-18-4-3-5-24(29)22(18)14-23(26(19)21)28(32)35-2/h3-5,7-10,12-15,23H,6,11H2,1-2H3. The van der Waals surface area contributed by atoms with Gasteiger partial charge in [-0.1, -0.05) is 37.3 Å². The van der Waals surface area contributed by atoms with Crippen LogP contribution in [0.1, 0.15) is 40.7 Å². The minimum Gasteiger partial charge on any atom is -0.468 e. The lowest BCUT2D eigenvalue weighted by Crippen LogP contribution is -2.32. The van der Waals surface area contributed by atoms with Gasteiger partial charge in [-0.3, -0.25) is 19.7 Å². The number of Topliss-reactive ketones (excluding diaryl/α,β-unsaturated/α-hetero) is 1. The zero-order valence-corrected chi connectivity index (χ0v) is 19.2. The second kappa shape index (κ2) is 8.58. The van der Waals surface area contributed by atoms with Crippen LogP contribution in [-0.2, 0) is 16.0 Å². The van der Waals surface area contributed by atoms with Crippen molar-refractivity contribution in [2.75, 3.05) is 7.11 Å². The van der Waals surface area contributed by atoms with Crippen LogP contribution in [0.4, 0.5) is 10.1 Å². The van der Waals surface area contributed by atoms with Crippen LogP contribution in [0.15, 0.2) is 54.6 Å². The quantitative estimate of drug-likeness (QED) is 0.251. The molecule has 0 heterocycles. The van der Waals surface area contributed by atoms with E-state index < -0.39 is 22.6 Å². The van der Waals surface area contributed by atoms with Crippen LogP contribution in [0.5, 0.6) is 0 Å². The number of carbonyl (C=O) groups is 2. The van der Waals surface area contributed by atoms with Crippen LogP contribution in [-0.4, -0.2) is 23.8 Å². The Balaban J connectivity index is 1.82. The van der Waals surface area contributed by atoms with Crippen LogP contribution in [0.3, 0.4) is 0 Å². The summed E-state index contributed by atoms with van der Waals surface area (Å²) in [6.07, 6.45) is 2.96. The summed E-state index contributed by atoms with van der Waals surface area (Å²) in [5.41, 5.74) is 2.52. The Morgan fingerprint density at radius 1 is 1.03 bits per heavy atom. The summed E-state index contributed by atoms with van der Waals surface area (Å²) >= 11 is 0. The summed E-state index contributed by atoms with van der Waals surface area (Å²) in [7, 11) is 1.31. The van der Waals surface area contributed by atoms with Gasteiger partial charge in [0.2, 0.25) is 0 Å². The highest BCUT2D eigenvalue weighted by Gasteiger charge is 2.31. The Kier molecular flexibility index (Phi) is 5.55. The van der Waals surface area contributed by atoms with Gasteiger partial charge in [0.25, 0.3) is 5.69 Å². The summed E-state index contributed by atoms with van der Waals surface area (Å²) in [6, 6.07) is 14.1. The van der Waals surface area contributed by atoms with Crippen LogP contribution < -0.4 is 10.4 Å². The first-order chi connectivity index (χ1) is 16.8. The van der Waals surface area contributed by atoms with Gasteiger partial charge in [0, 0.05) is 28.5 Å². The molecule has 0 aromatic heterocycles. The van der Waals surface area contributed by atoms with E-state index in [9.17, 15) is 24.1 Å². The van der Waals surface area contributed by atoms with Crippen molar-refractivity contribution in [2.24, 2.45) is 5.92 Å². The molecule has 0 aliphatic heterocycles. The molecule has 176 valence electrons. The third kappa shape index (κ3) is 3.64. The first-order valence-electron chi connectivity index (χ1n) is 11.4. The highest BCUT2D eigenvalue weighted by atomic mass is 19.1. The van der Waals surface area contributed by atoms with Crippen molar-refractivity contribution in [3.05, 3.63) is 108 Å². The van der Waals surface area contributed by atoms with Crippen molar-refractivity contribution < 1.29 is 23.6 Å². The van der Waals surface area contributed by atoms with Gasteiger partial charge in [0.15, 0.2) is 5.78 Å². The predicted molar refractivity (Wildman–Crippen MR) is 127 cm³/mol. The number of halogens is 1. The van der Waals surface area contributed by atoms with Gasteiger partial charge in [-0.05, 0) is 63.7 Å². The Morgan fingerprint density at radius 3 is 2.43 bits per heavy atom. The summed E-state index contributed by atoms with van der Waals surface area (Å²) in [5, 5.41) is 13.6. The molecule has 3 aromatic carbocycles. The average molecular weight is 471 g/mol. The fraction of sp³-hybridized carbons (Fsp3) is 0.214. The largest absolute Gasteiger partial charge is 0.468 e. The van der Waals surface area contributed by atoms with E-state index >= 15 is 0 Å². The van der Waals surface area contributed by atoms with Crippen molar-refractivity contribution in [1.29, 1.82) is 0 Å². The molecule has 6 nitrogen and oxygen atoms in total. The van der Waals surface area contributed by atoms with E-state index in [0.29, 0.717) is 34.4 Å². The smallest absolute Gasteiger partial charge is 0.317 e. The fourth-order valence-electron chi connectivity index (χ4n) is 5.29. The van der Waals surface area contributed by atoms with Gasteiger partial charge in [-0.25, -0.2) is 4.39 Å². The van der Waals surface area contributed by atoms with Crippen molar-refractivity contribution >= 4 is 29.1 Å². The van der Waals surface area contributed by atoms with E-state index in [1.54, 1.807) is 12.1 Å². The molecule has 2 atom stereocenters. The SMILES string of the molecule is COC(=O)C1C=c2c(F)cccc2=c2ccc3c(c21)CCC(C)C=3C(=O)c1ccc([N+](=O)[O-])cc1. The Labute approximate surface area is 199 Å². The molecule has 2 aliphatic rings. The van der Waals surface area contributed by atoms with Crippen molar-refractivity contribution in [2.45, 2.75) is 25.7 Å². The number of nitro benzene ring substituents is 1. The van der Waals surface area contributed by atoms with E-state index in [1.807, 2.05) is 25.1 Å². The molecule has 0 saturated heterocycles. The number of non-ortho nitro benzene ring substituents is 1. The molecule has 3 aromatic rings. The average Bonchev–Trinajstić information content (AvgIpc) is 2.87. The van der Waals surface area contributed by atoms with E-state index in [4.69, 9.17) is 4.74 Å². The second-order valence-corrected chi connectivity index (χ2v) is 8.91. The topological polar surface area (TPSA) is 86.5 Å². The van der Waals surface area contributed by atoms with E-state index in [2.05, 4.69) is 0 Å². The number of hydrogen-bond donors (Lipinski definition) is 0. The Hall–Kier alpha value is -4.13. The highest BCUT2D eigenvalue weighted by molar-refractivity contribution is 6.25. The maximum Gasteiger partial charge on any atom is 0.317 e. The monoisotopic (exact) mass is 471 g/mol. The summed E-state index contributed by atoms with van der Waals surface area (Å²) in [5.74, 6) is -1.94. The van der Waals surface area contributed by atoms with Crippen LogP contribution in [0, 0.1) is 32.3 Å². The van der Waals surface area contributed by atoms with Gasteiger partial charge in [0.1, 0.15) is 11.7 Å². The number of rotatable bonds is 4. The zero-order chi connectivity index (χ0) is 24.9. The predicted octanol–water partition coefficient (Wildman–Crippen LogP) is 3.69. The molecule has 0 radical (unpaired) electrons. The molecule has 2 aliphatic carbocycles. The lowest BCUT2D eigenvalue weighted by molar-refractivity contribution is -0.384. The summed E-state index contributed by atoms with van der Waals surface area (Å²) < 4.78 is 19.7. The van der Waals surface area contributed by atoms with Crippen molar-refractivity contribution in [1.82, 2.24) is 0 Å². The number of hydrogen-bond acceptors (Lipinski definition) is 5. The molecule has 35 heavy (non-hydrogen) atoms. The molecule has 2 unspecified atom stereocenters. The third-order valence-electron chi connectivity index (χ3n) is 6.99. The highest BCUT2D eigenvalue weighted by Crippen LogP contribution is 2.32. The van der Waals surface area contributed by atoms with Gasteiger partial charge >= 0.3 is 5.97 Å². The zero-order valence-electron chi connectivity index (χ0n) is 19.2. The van der Waals surface area contributed by atoms with E-state index in [1.165, 1.54) is 37.4 Å². The molecule has 7 heteroatoms. The van der Waals surface area contributed by atoms with Crippen LogP contribution in [0.25, 0.3) is 11.6 Å². The summed E-state index contributed by atoms with van der Waals surface area (Å²) in [6.45, 7) is 1.98. The summed E-state index contributed by atoms with van der Waals surface area (Å²) in [4.78, 5) is 36.9. The second-order valence-electron chi connectivity index (χ2n) is 8.91. The number of ether oxygens (including phenoxy) is 1. The van der Waals surface area contributed by atoms with Gasteiger partial charge in [-0.2, -0.15) is 0 Å². The number of ketones is 1. The number of carbonyl (C=O) groups excluding carboxylic acids is 2. The number of benzene rings is 3. The molecule has 0 amide bonds. The number of methoxy groups -OCH3 is 1. The lowest BCUT2D eigenvalue weighted by atomic mass is 9.76. The van der Waals surface area contributed by atoms with Gasteiger partial charge in [0.05, 0.1) is 12.0 Å². The normalized spacial score (nSPS) is 18.0. The maximum absolute atomic E-state index is 14.7. The first-order valence-corrected chi connectivity index (χ1v) is 11.4. The van der Waals surface area contributed by atoms with Crippen LogP contribution in [0.2, 0.25) is 0 Å². The number of fused-ring (bicyclic) bond motifs is 4. The molecule has 0 bridgehead atoms. The molecular weight excluding hydrogens is 449 g/mol. The lowest BCUT2D eigenvalue weighted by Gasteiger charge is -2.27. The van der Waals surface area contributed by atoms with Gasteiger partial charge in [-0.15, -0.1) is 0 Å². The van der Waals surface area contributed by atoms with Gasteiger partial charge < -0.3 is 4.74 Å². The molecule has 0 spiro atoms. The number of nitro groups is 1. The molecule has 0 N–H and O–H groups in total. The Morgan fingerprint density at radius 2 is 1.74 bits per heavy atom.